The molecule has 0 aliphatic carbocycles. The number of benzene rings is 2. The SMILES string of the molecule is OC(c1ccccc1)c1ccc(Cl)c(OC(F)(F)F)c1. The first-order valence-electron chi connectivity index (χ1n) is 5.65. The Morgan fingerprint density at radius 3 is 2.25 bits per heavy atom. The van der Waals surface area contributed by atoms with Crippen molar-refractivity contribution in [2.45, 2.75) is 12.5 Å². The molecule has 0 aromatic heterocycles. The summed E-state index contributed by atoms with van der Waals surface area (Å²) < 4.78 is 40.5. The lowest BCUT2D eigenvalue weighted by molar-refractivity contribution is -0.274. The van der Waals surface area contributed by atoms with Crippen LogP contribution in [0.25, 0.3) is 0 Å². The summed E-state index contributed by atoms with van der Waals surface area (Å²) >= 11 is 5.65. The zero-order valence-electron chi connectivity index (χ0n) is 10.1. The highest BCUT2D eigenvalue weighted by molar-refractivity contribution is 6.32. The molecular weight excluding hydrogens is 293 g/mol. The highest BCUT2D eigenvalue weighted by Crippen LogP contribution is 2.33. The van der Waals surface area contributed by atoms with E-state index in [0.717, 1.165) is 6.07 Å². The van der Waals surface area contributed by atoms with Crippen LogP contribution >= 0.6 is 11.6 Å². The summed E-state index contributed by atoms with van der Waals surface area (Å²) in [5.41, 5.74) is 0.827. The Kier molecular flexibility index (Phi) is 4.20. The summed E-state index contributed by atoms with van der Waals surface area (Å²) in [7, 11) is 0. The largest absolute Gasteiger partial charge is 0.573 e. The molecule has 2 nitrogen and oxygen atoms in total. The average molecular weight is 303 g/mol. The van der Waals surface area contributed by atoms with Gasteiger partial charge in [0.1, 0.15) is 11.9 Å². The summed E-state index contributed by atoms with van der Waals surface area (Å²) in [5.74, 6) is -0.536. The van der Waals surface area contributed by atoms with Crippen molar-refractivity contribution in [3.63, 3.8) is 0 Å². The van der Waals surface area contributed by atoms with Crippen molar-refractivity contribution < 1.29 is 23.0 Å². The Hall–Kier alpha value is -1.72. The molecule has 106 valence electrons. The molecule has 2 aromatic rings. The second-order valence-corrected chi connectivity index (χ2v) is 4.46. The van der Waals surface area contributed by atoms with Crippen molar-refractivity contribution in [1.29, 1.82) is 0 Å². The van der Waals surface area contributed by atoms with Crippen molar-refractivity contribution in [3.05, 3.63) is 64.7 Å². The standard InChI is InChI=1S/C14H10ClF3O2/c15-11-7-6-10(8-12(11)20-14(16,17)18)13(19)9-4-2-1-3-5-9/h1-8,13,19H. The lowest BCUT2D eigenvalue weighted by atomic mass is 10.0. The Morgan fingerprint density at radius 2 is 1.65 bits per heavy atom. The van der Waals surface area contributed by atoms with Gasteiger partial charge in [0.2, 0.25) is 0 Å². The number of hydrogen-bond acceptors (Lipinski definition) is 2. The molecule has 0 spiro atoms. The number of alkyl halides is 3. The molecule has 0 aliphatic heterocycles. The van der Waals surface area contributed by atoms with Gasteiger partial charge in [0, 0.05) is 0 Å². The Labute approximate surface area is 118 Å². The van der Waals surface area contributed by atoms with Gasteiger partial charge in [-0.25, -0.2) is 0 Å². The summed E-state index contributed by atoms with van der Waals surface area (Å²) in [6.45, 7) is 0. The van der Waals surface area contributed by atoms with Crippen LogP contribution in [0.2, 0.25) is 5.02 Å². The monoisotopic (exact) mass is 302 g/mol. The number of hydrogen-bond donors (Lipinski definition) is 1. The van der Waals surface area contributed by atoms with E-state index < -0.39 is 18.2 Å². The molecule has 0 saturated carbocycles. The maximum absolute atomic E-state index is 12.2. The number of rotatable bonds is 3. The fourth-order valence-electron chi connectivity index (χ4n) is 1.72. The van der Waals surface area contributed by atoms with Crippen LogP contribution < -0.4 is 4.74 Å². The van der Waals surface area contributed by atoms with Gasteiger partial charge in [0.15, 0.2) is 0 Å². The van der Waals surface area contributed by atoms with Crippen LogP contribution in [0.3, 0.4) is 0 Å². The predicted molar refractivity (Wildman–Crippen MR) is 68.6 cm³/mol. The molecule has 0 heterocycles. The topological polar surface area (TPSA) is 29.5 Å². The fourth-order valence-corrected chi connectivity index (χ4v) is 1.88. The Morgan fingerprint density at radius 1 is 1.00 bits per heavy atom. The van der Waals surface area contributed by atoms with Gasteiger partial charge in [-0.15, -0.1) is 13.2 Å². The van der Waals surface area contributed by atoms with E-state index in [1.165, 1.54) is 12.1 Å². The van der Waals surface area contributed by atoms with E-state index in [2.05, 4.69) is 4.74 Å². The molecular formula is C14H10ClF3O2. The van der Waals surface area contributed by atoms with E-state index >= 15 is 0 Å². The lowest BCUT2D eigenvalue weighted by Gasteiger charge is -2.15. The number of halogens is 4. The van der Waals surface area contributed by atoms with Gasteiger partial charge in [0.05, 0.1) is 5.02 Å². The second-order valence-electron chi connectivity index (χ2n) is 4.05. The minimum atomic E-state index is -4.83. The maximum atomic E-state index is 12.2. The highest BCUT2D eigenvalue weighted by atomic mass is 35.5. The van der Waals surface area contributed by atoms with Gasteiger partial charge in [-0.05, 0) is 23.3 Å². The third-order valence-corrected chi connectivity index (χ3v) is 2.92. The van der Waals surface area contributed by atoms with Crippen LogP contribution in [0.4, 0.5) is 13.2 Å². The molecule has 1 unspecified atom stereocenters. The van der Waals surface area contributed by atoms with Crippen LogP contribution in [0, 0.1) is 0 Å². The molecule has 1 N–H and O–H groups in total. The molecule has 0 fully saturated rings. The smallest absolute Gasteiger partial charge is 0.404 e. The van der Waals surface area contributed by atoms with Crippen LogP contribution in [-0.4, -0.2) is 11.5 Å². The average Bonchev–Trinajstić information content (AvgIpc) is 2.40. The number of ether oxygens (including phenoxy) is 1. The van der Waals surface area contributed by atoms with Gasteiger partial charge in [-0.1, -0.05) is 48.0 Å². The third-order valence-electron chi connectivity index (χ3n) is 2.61. The number of aliphatic hydroxyl groups excluding tert-OH is 1. The van der Waals surface area contributed by atoms with E-state index in [-0.39, 0.29) is 10.6 Å². The third kappa shape index (κ3) is 3.65. The van der Waals surface area contributed by atoms with Gasteiger partial charge in [-0.2, -0.15) is 0 Å². The maximum Gasteiger partial charge on any atom is 0.573 e. The molecule has 0 bridgehead atoms. The first-order valence-corrected chi connectivity index (χ1v) is 6.03. The fraction of sp³-hybridized carbons (Fsp3) is 0.143. The minimum absolute atomic E-state index is 0.175. The molecule has 0 saturated heterocycles. The van der Waals surface area contributed by atoms with Gasteiger partial charge in [-0.3, -0.25) is 0 Å². The first kappa shape index (κ1) is 14.7. The van der Waals surface area contributed by atoms with E-state index in [0.29, 0.717) is 5.56 Å². The Bertz CT molecular complexity index is 585. The van der Waals surface area contributed by atoms with E-state index in [1.54, 1.807) is 30.3 Å². The zero-order chi connectivity index (χ0) is 14.8. The molecule has 20 heavy (non-hydrogen) atoms. The molecule has 2 aromatic carbocycles. The van der Waals surface area contributed by atoms with Crippen LogP contribution in [0.5, 0.6) is 5.75 Å². The number of aliphatic hydroxyl groups is 1. The first-order chi connectivity index (χ1) is 9.37. The van der Waals surface area contributed by atoms with Crippen molar-refractivity contribution in [1.82, 2.24) is 0 Å². The molecule has 0 radical (unpaired) electrons. The van der Waals surface area contributed by atoms with Crippen LogP contribution in [-0.2, 0) is 0 Å². The quantitative estimate of drug-likeness (QED) is 0.915. The second kappa shape index (κ2) is 5.73. The summed E-state index contributed by atoms with van der Waals surface area (Å²) in [4.78, 5) is 0. The predicted octanol–water partition coefficient (Wildman–Crippen LogP) is 4.32. The highest BCUT2D eigenvalue weighted by Gasteiger charge is 2.32. The summed E-state index contributed by atoms with van der Waals surface area (Å²) in [6, 6.07) is 12.3. The van der Waals surface area contributed by atoms with E-state index in [1.807, 2.05) is 0 Å². The van der Waals surface area contributed by atoms with E-state index in [9.17, 15) is 18.3 Å². The van der Waals surface area contributed by atoms with Crippen LogP contribution in [0.1, 0.15) is 17.2 Å². The lowest BCUT2D eigenvalue weighted by Crippen LogP contribution is -2.17. The Balaban J connectivity index is 2.32. The van der Waals surface area contributed by atoms with Crippen molar-refractivity contribution >= 4 is 11.6 Å². The molecule has 2 rings (SSSR count). The molecule has 6 heteroatoms. The summed E-state index contributed by atoms with van der Waals surface area (Å²) in [6.07, 6.45) is -5.89. The minimum Gasteiger partial charge on any atom is -0.404 e. The summed E-state index contributed by atoms with van der Waals surface area (Å²) in [5, 5.41) is 9.95. The normalized spacial score (nSPS) is 13.1. The molecule has 1 atom stereocenters. The van der Waals surface area contributed by atoms with Crippen molar-refractivity contribution in [2.24, 2.45) is 0 Å². The van der Waals surface area contributed by atoms with Crippen molar-refractivity contribution in [2.75, 3.05) is 0 Å². The van der Waals surface area contributed by atoms with Gasteiger partial charge < -0.3 is 9.84 Å². The van der Waals surface area contributed by atoms with E-state index in [4.69, 9.17) is 11.6 Å². The zero-order valence-corrected chi connectivity index (χ0v) is 10.8. The van der Waals surface area contributed by atoms with Gasteiger partial charge in [0.25, 0.3) is 0 Å². The molecule has 0 aliphatic rings. The van der Waals surface area contributed by atoms with Crippen LogP contribution in [0.15, 0.2) is 48.5 Å². The van der Waals surface area contributed by atoms with Crippen molar-refractivity contribution in [3.8, 4) is 5.75 Å². The van der Waals surface area contributed by atoms with Gasteiger partial charge >= 0.3 is 6.36 Å². The molecule has 0 amide bonds.